The number of nitrogens with zero attached hydrogens (tertiary/aromatic N) is 1. The van der Waals surface area contributed by atoms with Crippen LogP contribution in [0.25, 0.3) is 0 Å². The Balaban J connectivity index is 2.07. The van der Waals surface area contributed by atoms with Crippen molar-refractivity contribution in [1.29, 1.82) is 0 Å². The van der Waals surface area contributed by atoms with Gasteiger partial charge in [0, 0.05) is 26.6 Å². The molecule has 0 aromatic carbocycles. The monoisotopic (exact) mass is 201 g/mol. The molecule has 14 heavy (non-hydrogen) atoms. The molecule has 1 saturated heterocycles. The van der Waals surface area contributed by atoms with Gasteiger partial charge < -0.3 is 14.7 Å². The van der Waals surface area contributed by atoms with Crippen LogP contribution in [-0.2, 0) is 9.53 Å². The summed E-state index contributed by atoms with van der Waals surface area (Å²) in [6, 6.07) is 0. The molecule has 0 aromatic rings. The number of aliphatic carboxylic acids is 1. The molecular formula is C10H19NO3. The van der Waals surface area contributed by atoms with E-state index in [2.05, 4.69) is 4.90 Å². The predicted molar refractivity (Wildman–Crippen MR) is 53.3 cm³/mol. The maximum atomic E-state index is 10.3. The van der Waals surface area contributed by atoms with Crippen molar-refractivity contribution in [2.75, 3.05) is 26.7 Å². The Bertz CT molecular complexity index is 176. The summed E-state index contributed by atoms with van der Waals surface area (Å²) in [6.07, 6.45) is 3.59. The second kappa shape index (κ2) is 5.98. The van der Waals surface area contributed by atoms with E-state index in [9.17, 15) is 4.79 Å². The van der Waals surface area contributed by atoms with Crippen molar-refractivity contribution in [3.63, 3.8) is 0 Å². The molecule has 1 aliphatic rings. The van der Waals surface area contributed by atoms with Crippen molar-refractivity contribution in [2.45, 2.75) is 31.8 Å². The third-order valence-electron chi connectivity index (χ3n) is 2.73. The maximum absolute atomic E-state index is 10.3. The second-order valence-electron chi connectivity index (χ2n) is 3.77. The Kier molecular flexibility index (Phi) is 4.90. The largest absolute Gasteiger partial charge is 0.481 e. The minimum atomic E-state index is -0.697. The van der Waals surface area contributed by atoms with E-state index in [4.69, 9.17) is 9.84 Å². The Hall–Kier alpha value is -0.610. The molecule has 1 fully saturated rings. The minimum absolute atomic E-state index is 0.282. The first-order valence-corrected chi connectivity index (χ1v) is 5.19. The van der Waals surface area contributed by atoms with E-state index >= 15 is 0 Å². The summed E-state index contributed by atoms with van der Waals surface area (Å²) in [5.41, 5.74) is 0. The molecule has 1 rings (SSSR count). The van der Waals surface area contributed by atoms with Crippen molar-refractivity contribution in [3.05, 3.63) is 0 Å². The van der Waals surface area contributed by atoms with Crippen LogP contribution in [0.4, 0.5) is 0 Å². The highest BCUT2D eigenvalue weighted by atomic mass is 16.5. The third kappa shape index (κ3) is 4.07. The standard InChI is InChI=1S/C10H19NO3/c1-14-9-4-7-11(8-5-9)6-2-3-10(12)13/h9H,2-8H2,1H3,(H,12,13). The number of ether oxygens (including phenoxy) is 1. The van der Waals surface area contributed by atoms with Crippen LogP contribution in [0, 0.1) is 0 Å². The van der Waals surface area contributed by atoms with Crippen LogP contribution in [0.15, 0.2) is 0 Å². The Morgan fingerprint density at radius 3 is 2.64 bits per heavy atom. The normalized spacial score (nSPS) is 19.8. The van der Waals surface area contributed by atoms with Gasteiger partial charge in [0.1, 0.15) is 0 Å². The molecule has 0 aromatic heterocycles. The number of carbonyl (C=O) groups is 1. The molecule has 0 saturated carbocycles. The molecule has 0 unspecified atom stereocenters. The minimum Gasteiger partial charge on any atom is -0.481 e. The van der Waals surface area contributed by atoms with Gasteiger partial charge in [-0.3, -0.25) is 4.79 Å². The van der Waals surface area contributed by atoms with E-state index in [0.29, 0.717) is 6.10 Å². The summed E-state index contributed by atoms with van der Waals surface area (Å²) in [5, 5.41) is 8.48. The van der Waals surface area contributed by atoms with Gasteiger partial charge in [-0.1, -0.05) is 0 Å². The van der Waals surface area contributed by atoms with Crippen LogP contribution in [0.1, 0.15) is 25.7 Å². The molecule has 1 N–H and O–H groups in total. The van der Waals surface area contributed by atoms with Crippen molar-refractivity contribution in [2.24, 2.45) is 0 Å². The highest BCUT2D eigenvalue weighted by Gasteiger charge is 2.17. The lowest BCUT2D eigenvalue weighted by atomic mass is 10.1. The number of hydrogen-bond acceptors (Lipinski definition) is 3. The van der Waals surface area contributed by atoms with Gasteiger partial charge in [0.2, 0.25) is 0 Å². The lowest BCUT2D eigenvalue weighted by Crippen LogP contribution is -2.37. The fraction of sp³-hybridized carbons (Fsp3) is 0.900. The fourth-order valence-corrected chi connectivity index (χ4v) is 1.82. The molecule has 4 heteroatoms. The lowest BCUT2D eigenvalue weighted by Gasteiger charge is -2.30. The summed E-state index contributed by atoms with van der Waals surface area (Å²) < 4.78 is 5.26. The average Bonchev–Trinajstić information content (AvgIpc) is 2.18. The summed E-state index contributed by atoms with van der Waals surface area (Å²) in [5.74, 6) is -0.697. The zero-order chi connectivity index (χ0) is 10.4. The van der Waals surface area contributed by atoms with Crippen LogP contribution in [-0.4, -0.2) is 48.8 Å². The smallest absolute Gasteiger partial charge is 0.303 e. The third-order valence-corrected chi connectivity index (χ3v) is 2.73. The summed E-state index contributed by atoms with van der Waals surface area (Å²) >= 11 is 0. The summed E-state index contributed by atoms with van der Waals surface area (Å²) in [6.45, 7) is 2.99. The van der Waals surface area contributed by atoms with Crippen LogP contribution in [0.2, 0.25) is 0 Å². The van der Waals surface area contributed by atoms with E-state index in [1.54, 1.807) is 7.11 Å². The quantitative estimate of drug-likeness (QED) is 0.720. The first-order chi connectivity index (χ1) is 6.72. The van der Waals surface area contributed by atoms with Crippen molar-refractivity contribution in [1.82, 2.24) is 4.90 Å². The van der Waals surface area contributed by atoms with Gasteiger partial charge in [-0.15, -0.1) is 0 Å². The van der Waals surface area contributed by atoms with Crippen LogP contribution < -0.4 is 0 Å². The molecule has 0 spiro atoms. The van der Waals surface area contributed by atoms with Gasteiger partial charge in [0.05, 0.1) is 6.10 Å². The number of rotatable bonds is 5. The van der Waals surface area contributed by atoms with Crippen LogP contribution in [0.5, 0.6) is 0 Å². The van der Waals surface area contributed by atoms with Crippen molar-refractivity contribution >= 4 is 5.97 Å². The van der Waals surface area contributed by atoms with Gasteiger partial charge in [0.15, 0.2) is 0 Å². The Labute approximate surface area is 84.8 Å². The van der Waals surface area contributed by atoms with Gasteiger partial charge in [0.25, 0.3) is 0 Å². The van der Waals surface area contributed by atoms with Crippen molar-refractivity contribution < 1.29 is 14.6 Å². The first-order valence-electron chi connectivity index (χ1n) is 5.19. The number of carboxylic acid groups (broad SMARTS) is 1. The lowest BCUT2D eigenvalue weighted by molar-refractivity contribution is -0.137. The first kappa shape index (κ1) is 11.5. The van der Waals surface area contributed by atoms with Gasteiger partial charge in [-0.2, -0.15) is 0 Å². The molecule has 4 nitrogen and oxygen atoms in total. The maximum Gasteiger partial charge on any atom is 0.303 e. The fourth-order valence-electron chi connectivity index (χ4n) is 1.82. The molecular weight excluding hydrogens is 182 g/mol. The number of carboxylic acids is 1. The molecule has 0 amide bonds. The molecule has 0 bridgehead atoms. The van der Waals surface area contributed by atoms with Gasteiger partial charge in [-0.25, -0.2) is 0 Å². The number of methoxy groups -OCH3 is 1. The van der Waals surface area contributed by atoms with E-state index in [1.165, 1.54) is 0 Å². The topological polar surface area (TPSA) is 49.8 Å². The van der Waals surface area contributed by atoms with Crippen LogP contribution >= 0.6 is 0 Å². The summed E-state index contributed by atoms with van der Waals surface area (Å²) in [4.78, 5) is 12.6. The predicted octanol–water partition coefficient (Wildman–Crippen LogP) is 0.962. The zero-order valence-electron chi connectivity index (χ0n) is 8.74. The van der Waals surface area contributed by atoms with E-state index < -0.39 is 5.97 Å². The van der Waals surface area contributed by atoms with E-state index in [0.717, 1.165) is 38.9 Å². The molecule has 1 heterocycles. The average molecular weight is 201 g/mol. The van der Waals surface area contributed by atoms with E-state index in [-0.39, 0.29) is 6.42 Å². The highest BCUT2D eigenvalue weighted by Crippen LogP contribution is 2.13. The van der Waals surface area contributed by atoms with Gasteiger partial charge >= 0.3 is 5.97 Å². The SMILES string of the molecule is COC1CCN(CCCC(=O)O)CC1. The number of piperidine rings is 1. The molecule has 0 atom stereocenters. The van der Waals surface area contributed by atoms with Crippen molar-refractivity contribution in [3.8, 4) is 0 Å². The number of hydrogen-bond donors (Lipinski definition) is 1. The van der Waals surface area contributed by atoms with Crippen LogP contribution in [0.3, 0.4) is 0 Å². The van der Waals surface area contributed by atoms with Gasteiger partial charge in [-0.05, 0) is 25.8 Å². The number of likely N-dealkylation sites (tertiary alicyclic amines) is 1. The molecule has 82 valence electrons. The summed E-state index contributed by atoms with van der Waals surface area (Å²) in [7, 11) is 1.75. The van der Waals surface area contributed by atoms with E-state index in [1.807, 2.05) is 0 Å². The zero-order valence-corrected chi connectivity index (χ0v) is 8.74. The Morgan fingerprint density at radius 2 is 2.14 bits per heavy atom. The highest BCUT2D eigenvalue weighted by molar-refractivity contribution is 5.66. The molecule has 0 radical (unpaired) electrons. The molecule has 0 aliphatic carbocycles. The Morgan fingerprint density at radius 1 is 1.50 bits per heavy atom. The molecule has 1 aliphatic heterocycles. The second-order valence-corrected chi connectivity index (χ2v) is 3.77.